The normalized spacial score (nSPS) is 14.2. The summed E-state index contributed by atoms with van der Waals surface area (Å²) in [5.41, 5.74) is 2.30. The fraction of sp³-hybridized carbons (Fsp3) is 0.462. The first-order valence-corrected chi connectivity index (χ1v) is 7.98. The fourth-order valence-corrected chi connectivity index (χ4v) is 3.17. The van der Waals surface area contributed by atoms with Crippen LogP contribution in [0.1, 0.15) is 12.5 Å². The molecule has 1 N–H and O–H groups in total. The van der Waals surface area contributed by atoms with E-state index in [1.807, 2.05) is 6.07 Å². The SMILES string of the molecule is COCCS(=O)(=O)Nc1ccc2c(c1)N(C(C)=O)CC2. The van der Waals surface area contributed by atoms with Crippen LogP contribution in [0.25, 0.3) is 0 Å². The second kappa shape index (κ2) is 5.80. The van der Waals surface area contributed by atoms with E-state index in [2.05, 4.69) is 4.72 Å². The first-order valence-electron chi connectivity index (χ1n) is 6.33. The molecule has 110 valence electrons. The molecule has 1 aliphatic rings. The van der Waals surface area contributed by atoms with Crippen molar-refractivity contribution in [1.82, 2.24) is 0 Å². The third-order valence-corrected chi connectivity index (χ3v) is 4.44. The van der Waals surface area contributed by atoms with Crippen LogP contribution in [0.3, 0.4) is 0 Å². The monoisotopic (exact) mass is 298 g/mol. The number of nitrogens with zero attached hydrogens (tertiary/aromatic N) is 1. The molecule has 7 heteroatoms. The minimum Gasteiger partial charge on any atom is -0.384 e. The third kappa shape index (κ3) is 3.29. The molecule has 6 nitrogen and oxygen atoms in total. The average molecular weight is 298 g/mol. The summed E-state index contributed by atoms with van der Waals surface area (Å²) in [4.78, 5) is 13.2. The van der Waals surface area contributed by atoms with Gasteiger partial charge in [0.1, 0.15) is 0 Å². The van der Waals surface area contributed by atoms with Gasteiger partial charge in [-0.2, -0.15) is 0 Å². The Balaban J connectivity index is 2.19. The number of sulfonamides is 1. The van der Waals surface area contributed by atoms with Crippen molar-refractivity contribution < 1.29 is 17.9 Å². The van der Waals surface area contributed by atoms with Crippen molar-refractivity contribution in [1.29, 1.82) is 0 Å². The van der Waals surface area contributed by atoms with Crippen molar-refractivity contribution in [2.24, 2.45) is 0 Å². The molecule has 1 amide bonds. The second-order valence-electron chi connectivity index (χ2n) is 4.68. The summed E-state index contributed by atoms with van der Waals surface area (Å²) < 4.78 is 30.9. The van der Waals surface area contributed by atoms with Crippen molar-refractivity contribution in [2.75, 3.05) is 35.6 Å². The van der Waals surface area contributed by atoms with Crippen LogP contribution in [0.4, 0.5) is 11.4 Å². The summed E-state index contributed by atoms with van der Waals surface area (Å²) in [6.07, 6.45) is 0.797. The molecular formula is C13H18N2O4S. The molecule has 1 aromatic carbocycles. The lowest BCUT2D eigenvalue weighted by molar-refractivity contribution is -0.116. The Morgan fingerprint density at radius 1 is 1.45 bits per heavy atom. The maximum atomic E-state index is 11.8. The van der Waals surface area contributed by atoms with Crippen molar-refractivity contribution in [3.8, 4) is 0 Å². The van der Waals surface area contributed by atoms with Crippen LogP contribution in [-0.2, 0) is 26.0 Å². The summed E-state index contributed by atoms with van der Waals surface area (Å²) in [5.74, 6) is -0.139. The minimum absolute atomic E-state index is 0.0388. The van der Waals surface area contributed by atoms with Crippen LogP contribution >= 0.6 is 0 Å². The van der Waals surface area contributed by atoms with Gasteiger partial charge in [0.15, 0.2) is 0 Å². The van der Waals surface area contributed by atoms with Crippen LogP contribution < -0.4 is 9.62 Å². The predicted molar refractivity (Wildman–Crippen MR) is 77.5 cm³/mol. The topological polar surface area (TPSA) is 75.7 Å². The van der Waals surface area contributed by atoms with E-state index in [0.717, 1.165) is 17.7 Å². The molecule has 1 aliphatic heterocycles. The van der Waals surface area contributed by atoms with Crippen molar-refractivity contribution in [2.45, 2.75) is 13.3 Å². The third-order valence-electron chi connectivity index (χ3n) is 3.19. The summed E-state index contributed by atoms with van der Waals surface area (Å²) in [7, 11) is -1.98. The van der Waals surface area contributed by atoms with Crippen LogP contribution in [0.2, 0.25) is 0 Å². The van der Waals surface area contributed by atoms with Gasteiger partial charge in [0.25, 0.3) is 0 Å². The quantitative estimate of drug-likeness (QED) is 0.879. The van der Waals surface area contributed by atoms with Gasteiger partial charge < -0.3 is 9.64 Å². The zero-order valence-electron chi connectivity index (χ0n) is 11.5. The average Bonchev–Trinajstić information content (AvgIpc) is 2.79. The first-order chi connectivity index (χ1) is 9.43. The summed E-state index contributed by atoms with van der Waals surface area (Å²) >= 11 is 0. The Hall–Kier alpha value is -1.60. The highest BCUT2D eigenvalue weighted by atomic mass is 32.2. The second-order valence-corrected chi connectivity index (χ2v) is 6.52. The molecule has 0 fully saturated rings. The van der Waals surface area contributed by atoms with Gasteiger partial charge in [-0.05, 0) is 24.1 Å². The van der Waals surface area contributed by atoms with E-state index in [9.17, 15) is 13.2 Å². The zero-order chi connectivity index (χ0) is 14.8. The van der Waals surface area contributed by atoms with Gasteiger partial charge in [0.05, 0.1) is 18.0 Å². The number of benzene rings is 1. The Bertz CT molecular complexity index is 613. The summed E-state index contributed by atoms with van der Waals surface area (Å²) in [6.45, 7) is 2.29. The molecule has 1 heterocycles. The maximum Gasteiger partial charge on any atom is 0.235 e. The standard InChI is InChI=1S/C13H18N2O4S/c1-10(16)15-6-5-11-3-4-12(9-13(11)15)14-20(17,18)8-7-19-2/h3-4,9,14H,5-8H2,1-2H3. The number of fused-ring (bicyclic) bond motifs is 1. The Morgan fingerprint density at radius 2 is 2.20 bits per heavy atom. The highest BCUT2D eigenvalue weighted by molar-refractivity contribution is 7.92. The Labute approximate surface area is 118 Å². The lowest BCUT2D eigenvalue weighted by atomic mass is 10.1. The number of hydrogen-bond donors (Lipinski definition) is 1. The molecule has 0 saturated carbocycles. The van der Waals surface area contributed by atoms with Crippen molar-refractivity contribution >= 4 is 27.3 Å². The zero-order valence-corrected chi connectivity index (χ0v) is 12.4. The minimum atomic E-state index is -3.43. The number of rotatable bonds is 5. The number of hydrogen-bond acceptors (Lipinski definition) is 4. The fourth-order valence-electron chi connectivity index (χ4n) is 2.19. The maximum absolute atomic E-state index is 11.8. The molecule has 20 heavy (non-hydrogen) atoms. The van der Waals surface area contributed by atoms with Crippen LogP contribution in [0, 0.1) is 0 Å². The van der Waals surface area contributed by atoms with Gasteiger partial charge in [-0.15, -0.1) is 0 Å². The van der Waals surface area contributed by atoms with Gasteiger partial charge in [-0.3, -0.25) is 9.52 Å². The smallest absolute Gasteiger partial charge is 0.235 e. The number of anilines is 2. The van der Waals surface area contributed by atoms with Crippen LogP contribution in [-0.4, -0.2) is 40.3 Å². The number of carbonyl (C=O) groups excluding carboxylic acids is 1. The molecular weight excluding hydrogens is 280 g/mol. The van der Waals surface area contributed by atoms with Crippen molar-refractivity contribution in [3.05, 3.63) is 23.8 Å². The highest BCUT2D eigenvalue weighted by Crippen LogP contribution is 2.31. The number of methoxy groups -OCH3 is 1. The summed E-state index contributed by atoms with van der Waals surface area (Å²) in [6, 6.07) is 5.27. The van der Waals surface area contributed by atoms with Crippen LogP contribution in [0.5, 0.6) is 0 Å². The van der Waals surface area contributed by atoms with E-state index in [4.69, 9.17) is 4.74 Å². The molecule has 0 radical (unpaired) electrons. The Kier molecular flexibility index (Phi) is 4.29. The molecule has 0 aliphatic carbocycles. The van der Waals surface area contributed by atoms with Gasteiger partial charge in [0, 0.05) is 26.3 Å². The predicted octanol–water partition coefficient (Wildman–Crippen LogP) is 0.984. The molecule has 0 atom stereocenters. The van der Waals surface area contributed by atoms with E-state index < -0.39 is 10.0 Å². The molecule has 0 aromatic heterocycles. The molecule has 2 rings (SSSR count). The molecule has 0 saturated heterocycles. The molecule has 0 bridgehead atoms. The molecule has 1 aromatic rings. The number of carbonyl (C=O) groups is 1. The number of nitrogens with one attached hydrogen (secondary N) is 1. The van der Waals surface area contributed by atoms with Gasteiger partial charge in [-0.25, -0.2) is 8.42 Å². The largest absolute Gasteiger partial charge is 0.384 e. The lowest BCUT2D eigenvalue weighted by Gasteiger charge is -2.16. The Morgan fingerprint density at radius 3 is 2.85 bits per heavy atom. The van der Waals surface area contributed by atoms with E-state index in [0.29, 0.717) is 12.2 Å². The van der Waals surface area contributed by atoms with E-state index in [-0.39, 0.29) is 18.3 Å². The van der Waals surface area contributed by atoms with Crippen molar-refractivity contribution in [3.63, 3.8) is 0 Å². The number of ether oxygens (including phenoxy) is 1. The van der Waals surface area contributed by atoms with E-state index >= 15 is 0 Å². The lowest BCUT2D eigenvalue weighted by Crippen LogP contribution is -2.26. The summed E-state index contributed by atoms with van der Waals surface area (Å²) in [5, 5.41) is 0. The first kappa shape index (κ1) is 14.8. The molecule has 0 spiro atoms. The highest BCUT2D eigenvalue weighted by Gasteiger charge is 2.23. The van der Waals surface area contributed by atoms with E-state index in [1.165, 1.54) is 14.0 Å². The van der Waals surface area contributed by atoms with Gasteiger partial charge in [0.2, 0.25) is 15.9 Å². The van der Waals surface area contributed by atoms with Crippen LogP contribution in [0.15, 0.2) is 18.2 Å². The van der Waals surface area contributed by atoms with Gasteiger partial charge in [-0.1, -0.05) is 6.07 Å². The van der Waals surface area contributed by atoms with E-state index in [1.54, 1.807) is 17.0 Å². The number of amides is 1. The van der Waals surface area contributed by atoms with Gasteiger partial charge >= 0.3 is 0 Å². The molecule has 0 unspecified atom stereocenters.